The van der Waals surface area contributed by atoms with Crippen molar-refractivity contribution in [3.05, 3.63) is 23.0 Å². The van der Waals surface area contributed by atoms with Crippen LogP contribution in [0.5, 0.6) is 0 Å². The van der Waals surface area contributed by atoms with Gasteiger partial charge in [0.25, 0.3) is 0 Å². The molecule has 0 bridgehead atoms. The van der Waals surface area contributed by atoms with E-state index < -0.39 is 0 Å². The van der Waals surface area contributed by atoms with E-state index in [0.29, 0.717) is 0 Å². The molecule has 0 N–H and O–H groups in total. The highest BCUT2D eigenvalue weighted by atomic mass is 16.5. The van der Waals surface area contributed by atoms with E-state index in [1.165, 1.54) is 0 Å². The highest BCUT2D eigenvalue weighted by molar-refractivity contribution is 5.45. The van der Waals surface area contributed by atoms with Crippen LogP contribution in [0.4, 0.5) is 0 Å². The Morgan fingerprint density at radius 3 is 2.71 bits per heavy atom. The Hall–Kier alpha value is -1.74. The topological polar surface area (TPSA) is 56.8 Å². The molecule has 3 heteroatoms. The molecule has 0 aromatic heterocycles. The first-order valence-electron chi connectivity index (χ1n) is 4.55. The molecule has 0 saturated heterocycles. The minimum Gasteiger partial charge on any atom is -0.495 e. The Balaban J connectivity index is 3.04. The molecule has 1 atom stereocenters. The number of hydrogen-bond donors (Lipinski definition) is 0. The van der Waals surface area contributed by atoms with Crippen LogP contribution in [0.1, 0.15) is 26.7 Å². The monoisotopic (exact) mass is 188 g/mol. The fraction of sp³-hybridized carbons (Fsp3) is 0.455. The minimum absolute atomic E-state index is 0.155. The summed E-state index contributed by atoms with van der Waals surface area (Å²) >= 11 is 0. The first-order valence-corrected chi connectivity index (χ1v) is 4.55. The van der Waals surface area contributed by atoms with Crippen LogP contribution in [0.15, 0.2) is 23.0 Å². The zero-order chi connectivity index (χ0) is 10.6. The lowest BCUT2D eigenvalue weighted by Crippen LogP contribution is -2.03. The average molecular weight is 188 g/mol. The van der Waals surface area contributed by atoms with E-state index in [0.717, 1.165) is 24.2 Å². The van der Waals surface area contributed by atoms with Crippen LogP contribution in [-0.2, 0) is 4.74 Å². The smallest absolute Gasteiger partial charge is 0.132 e. The lowest BCUT2D eigenvalue weighted by Gasteiger charge is -2.10. The normalized spacial score (nSPS) is 21.0. The van der Waals surface area contributed by atoms with Crippen molar-refractivity contribution in [1.82, 2.24) is 0 Å². The molecular formula is C11H12N2O. The molecule has 0 fully saturated rings. The van der Waals surface area contributed by atoms with Gasteiger partial charge in [-0.2, -0.15) is 10.5 Å². The first-order chi connectivity index (χ1) is 6.67. The lowest BCUT2D eigenvalue weighted by molar-refractivity contribution is 0.130. The largest absolute Gasteiger partial charge is 0.495 e. The van der Waals surface area contributed by atoms with Crippen molar-refractivity contribution in [2.24, 2.45) is 0 Å². The van der Waals surface area contributed by atoms with Gasteiger partial charge in [-0.25, -0.2) is 0 Å². The van der Waals surface area contributed by atoms with E-state index in [1.807, 2.05) is 26.0 Å². The number of allylic oxidation sites excluding steroid dienone is 4. The van der Waals surface area contributed by atoms with Crippen molar-refractivity contribution in [1.29, 1.82) is 10.5 Å². The van der Waals surface area contributed by atoms with Crippen LogP contribution in [-0.4, -0.2) is 6.10 Å². The molecule has 1 heterocycles. The third-order valence-corrected chi connectivity index (χ3v) is 2.13. The van der Waals surface area contributed by atoms with Gasteiger partial charge in [-0.1, -0.05) is 0 Å². The highest BCUT2D eigenvalue weighted by Crippen LogP contribution is 2.22. The van der Waals surface area contributed by atoms with Gasteiger partial charge in [-0.3, -0.25) is 0 Å². The molecule has 0 aromatic rings. The van der Waals surface area contributed by atoms with Gasteiger partial charge in [0.2, 0.25) is 0 Å². The molecule has 1 rings (SSSR count). The number of ether oxygens (including phenoxy) is 1. The van der Waals surface area contributed by atoms with Crippen molar-refractivity contribution in [2.75, 3.05) is 0 Å². The minimum atomic E-state index is 0.155. The molecule has 1 aliphatic rings. The van der Waals surface area contributed by atoms with E-state index >= 15 is 0 Å². The summed E-state index contributed by atoms with van der Waals surface area (Å²) in [5.74, 6) is 0.771. The fourth-order valence-corrected chi connectivity index (χ4v) is 1.45. The summed E-state index contributed by atoms with van der Waals surface area (Å²) < 4.78 is 5.49. The van der Waals surface area contributed by atoms with E-state index in [-0.39, 0.29) is 11.7 Å². The number of nitriles is 2. The first kappa shape index (κ1) is 10.3. The van der Waals surface area contributed by atoms with E-state index in [4.69, 9.17) is 15.3 Å². The van der Waals surface area contributed by atoms with Gasteiger partial charge < -0.3 is 4.74 Å². The molecule has 0 aliphatic carbocycles. The molecule has 0 radical (unpaired) electrons. The van der Waals surface area contributed by atoms with Crippen molar-refractivity contribution < 1.29 is 4.74 Å². The maximum absolute atomic E-state index is 8.72. The summed E-state index contributed by atoms with van der Waals surface area (Å²) in [4.78, 5) is 0. The molecule has 0 aromatic carbocycles. The van der Waals surface area contributed by atoms with Crippen LogP contribution in [0.2, 0.25) is 0 Å². The summed E-state index contributed by atoms with van der Waals surface area (Å²) in [5, 5.41) is 17.4. The second-order valence-electron chi connectivity index (χ2n) is 3.35. The molecule has 1 unspecified atom stereocenters. The maximum atomic E-state index is 8.72. The second-order valence-corrected chi connectivity index (χ2v) is 3.35. The van der Waals surface area contributed by atoms with Gasteiger partial charge >= 0.3 is 0 Å². The Kier molecular flexibility index (Phi) is 3.31. The van der Waals surface area contributed by atoms with Gasteiger partial charge in [0.1, 0.15) is 17.7 Å². The quantitative estimate of drug-likeness (QED) is 0.548. The molecule has 0 amide bonds. The van der Waals surface area contributed by atoms with E-state index in [2.05, 4.69) is 0 Å². The van der Waals surface area contributed by atoms with Crippen LogP contribution >= 0.6 is 0 Å². The van der Waals surface area contributed by atoms with Crippen LogP contribution in [0.3, 0.4) is 0 Å². The summed E-state index contributed by atoms with van der Waals surface area (Å²) in [7, 11) is 0. The Bertz CT molecular complexity index is 350. The highest BCUT2D eigenvalue weighted by Gasteiger charge is 2.13. The van der Waals surface area contributed by atoms with Crippen LogP contribution < -0.4 is 0 Å². The summed E-state index contributed by atoms with van der Waals surface area (Å²) in [6.45, 7) is 3.83. The number of nitrogens with zero attached hydrogens (tertiary/aromatic N) is 2. The molecular weight excluding hydrogens is 176 g/mol. The van der Waals surface area contributed by atoms with Gasteiger partial charge in [0, 0.05) is 0 Å². The van der Waals surface area contributed by atoms with Crippen molar-refractivity contribution in [3.8, 4) is 12.1 Å². The molecule has 0 spiro atoms. The standard InChI is InChI=1S/C11H12N2O/c1-8-3-4-10(5-9(2)14-8)11(6-12)7-13/h5,8H,3-4H2,1-2H3. The Morgan fingerprint density at radius 2 is 2.14 bits per heavy atom. The Morgan fingerprint density at radius 1 is 1.50 bits per heavy atom. The summed E-state index contributed by atoms with van der Waals surface area (Å²) in [6, 6.07) is 3.81. The molecule has 1 aliphatic heterocycles. The van der Waals surface area contributed by atoms with Gasteiger partial charge in [0.05, 0.1) is 11.9 Å². The SMILES string of the molecule is CC1=CC(=C(C#N)C#N)CCC(C)O1. The predicted molar refractivity (Wildman–Crippen MR) is 51.8 cm³/mol. The maximum Gasteiger partial charge on any atom is 0.132 e. The van der Waals surface area contributed by atoms with Gasteiger partial charge in [0.15, 0.2) is 0 Å². The van der Waals surface area contributed by atoms with Crippen molar-refractivity contribution in [3.63, 3.8) is 0 Å². The van der Waals surface area contributed by atoms with E-state index in [1.54, 1.807) is 6.08 Å². The van der Waals surface area contributed by atoms with E-state index in [9.17, 15) is 0 Å². The molecule has 72 valence electrons. The van der Waals surface area contributed by atoms with Gasteiger partial charge in [-0.15, -0.1) is 0 Å². The molecule has 0 saturated carbocycles. The number of rotatable bonds is 0. The summed E-state index contributed by atoms with van der Waals surface area (Å²) in [6.07, 6.45) is 3.51. The summed E-state index contributed by atoms with van der Waals surface area (Å²) in [5.41, 5.74) is 0.985. The average Bonchev–Trinajstić information content (AvgIpc) is 2.30. The third-order valence-electron chi connectivity index (χ3n) is 2.13. The zero-order valence-corrected chi connectivity index (χ0v) is 8.37. The number of hydrogen-bond acceptors (Lipinski definition) is 3. The van der Waals surface area contributed by atoms with Crippen LogP contribution in [0, 0.1) is 22.7 Å². The van der Waals surface area contributed by atoms with Crippen molar-refractivity contribution in [2.45, 2.75) is 32.8 Å². The molecule has 3 nitrogen and oxygen atoms in total. The molecule has 14 heavy (non-hydrogen) atoms. The fourth-order valence-electron chi connectivity index (χ4n) is 1.45. The second kappa shape index (κ2) is 4.48. The predicted octanol–water partition coefficient (Wildman–Crippen LogP) is 2.43. The van der Waals surface area contributed by atoms with Crippen LogP contribution in [0.25, 0.3) is 0 Å². The third kappa shape index (κ3) is 2.37. The lowest BCUT2D eigenvalue weighted by atomic mass is 10.0. The van der Waals surface area contributed by atoms with Gasteiger partial charge in [-0.05, 0) is 38.3 Å². The van der Waals surface area contributed by atoms with Crippen molar-refractivity contribution >= 4 is 0 Å². The Labute approximate surface area is 83.9 Å². The zero-order valence-electron chi connectivity index (χ0n) is 8.37.